The Labute approximate surface area is 142 Å². The van der Waals surface area contributed by atoms with Crippen LogP contribution in [0.3, 0.4) is 0 Å². The van der Waals surface area contributed by atoms with Crippen LogP contribution in [0, 0.1) is 5.92 Å². The van der Waals surface area contributed by atoms with E-state index in [1.54, 1.807) is 4.90 Å². The third kappa shape index (κ3) is 4.63. The van der Waals surface area contributed by atoms with Gasteiger partial charge in [-0.3, -0.25) is 9.59 Å². The first-order chi connectivity index (χ1) is 11.5. The minimum absolute atomic E-state index is 0.0753. The summed E-state index contributed by atoms with van der Waals surface area (Å²) in [6, 6.07) is 5.61. The molecule has 2 rings (SSSR count). The molecule has 6 heteroatoms. The molecule has 1 N–H and O–H groups in total. The van der Waals surface area contributed by atoms with Gasteiger partial charge in [0, 0.05) is 19.5 Å². The van der Waals surface area contributed by atoms with Crippen LogP contribution in [-0.2, 0) is 16.1 Å². The number of carbonyl (C=O) groups excluding carboxylic acids is 1. The fourth-order valence-electron chi connectivity index (χ4n) is 2.68. The molecule has 24 heavy (non-hydrogen) atoms. The lowest BCUT2D eigenvalue weighted by atomic mass is 10.1. The molecular weight excluding hydrogens is 310 g/mol. The van der Waals surface area contributed by atoms with E-state index in [1.165, 1.54) is 0 Å². The number of hydrogen-bond acceptors (Lipinski definition) is 4. The van der Waals surface area contributed by atoms with Crippen molar-refractivity contribution in [2.24, 2.45) is 5.92 Å². The average Bonchev–Trinajstić information content (AvgIpc) is 2.91. The number of benzene rings is 1. The number of amides is 1. The molecule has 0 unspecified atom stereocenters. The minimum atomic E-state index is -0.916. The van der Waals surface area contributed by atoms with E-state index in [2.05, 4.69) is 6.92 Å². The van der Waals surface area contributed by atoms with E-state index < -0.39 is 11.9 Å². The molecular formula is C18H25NO5. The van der Waals surface area contributed by atoms with Crippen LogP contribution in [0.1, 0.15) is 38.7 Å². The Morgan fingerprint density at radius 2 is 2.08 bits per heavy atom. The van der Waals surface area contributed by atoms with Crippen molar-refractivity contribution in [3.05, 3.63) is 23.8 Å². The van der Waals surface area contributed by atoms with Gasteiger partial charge in [-0.25, -0.2) is 0 Å². The molecule has 1 aliphatic rings. The van der Waals surface area contributed by atoms with Crippen molar-refractivity contribution in [1.82, 2.24) is 4.90 Å². The lowest BCUT2D eigenvalue weighted by Gasteiger charge is -2.18. The Morgan fingerprint density at radius 1 is 1.29 bits per heavy atom. The monoisotopic (exact) mass is 335 g/mol. The Balaban J connectivity index is 2.06. The van der Waals surface area contributed by atoms with Gasteiger partial charge in [0.25, 0.3) is 0 Å². The Bertz CT molecular complexity index is 587. The van der Waals surface area contributed by atoms with Crippen molar-refractivity contribution >= 4 is 11.9 Å². The van der Waals surface area contributed by atoms with Gasteiger partial charge in [-0.05, 0) is 31.0 Å². The summed E-state index contributed by atoms with van der Waals surface area (Å²) in [5.41, 5.74) is 0.903. The summed E-state index contributed by atoms with van der Waals surface area (Å²) in [7, 11) is 0. The van der Waals surface area contributed by atoms with Gasteiger partial charge in [0.15, 0.2) is 11.5 Å². The van der Waals surface area contributed by atoms with E-state index in [9.17, 15) is 9.59 Å². The Kier molecular flexibility index (Phi) is 6.46. The van der Waals surface area contributed by atoms with Crippen LogP contribution in [0.25, 0.3) is 0 Å². The lowest BCUT2D eigenvalue weighted by Crippen LogP contribution is -2.25. The van der Waals surface area contributed by atoms with Gasteiger partial charge in [-0.2, -0.15) is 0 Å². The van der Waals surface area contributed by atoms with Crippen LogP contribution < -0.4 is 9.47 Å². The van der Waals surface area contributed by atoms with E-state index in [4.69, 9.17) is 14.6 Å². The zero-order valence-electron chi connectivity index (χ0n) is 14.3. The summed E-state index contributed by atoms with van der Waals surface area (Å²) >= 11 is 0. The highest BCUT2D eigenvalue weighted by molar-refractivity contribution is 5.86. The van der Waals surface area contributed by atoms with Crippen LogP contribution in [0.15, 0.2) is 18.2 Å². The summed E-state index contributed by atoms with van der Waals surface area (Å²) in [5, 5.41) is 9.05. The zero-order chi connectivity index (χ0) is 17.5. The number of ether oxygens (including phenoxy) is 2. The molecule has 1 atom stereocenters. The summed E-state index contributed by atoms with van der Waals surface area (Å²) in [6.07, 6.45) is 2.11. The molecule has 0 spiro atoms. The van der Waals surface area contributed by atoms with Gasteiger partial charge in [0.1, 0.15) is 0 Å². The van der Waals surface area contributed by atoms with Gasteiger partial charge in [-0.15, -0.1) is 0 Å². The molecule has 1 amide bonds. The van der Waals surface area contributed by atoms with Crippen molar-refractivity contribution in [2.75, 3.05) is 19.8 Å². The molecule has 0 aliphatic carbocycles. The number of rotatable bonds is 9. The fourth-order valence-corrected chi connectivity index (χ4v) is 2.68. The van der Waals surface area contributed by atoms with E-state index in [-0.39, 0.29) is 18.9 Å². The lowest BCUT2D eigenvalue weighted by molar-refractivity contribution is -0.141. The largest absolute Gasteiger partial charge is 0.490 e. The highest BCUT2D eigenvalue weighted by Crippen LogP contribution is 2.30. The molecule has 1 saturated heterocycles. The first kappa shape index (κ1) is 18.1. The molecule has 1 heterocycles. The second-order valence-electron chi connectivity index (χ2n) is 5.93. The third-order valence-corrected chi connectivity index (χ3v) is 4.00. The second kappa shape index (κ2) is 8.57. The Hall–Kier alpha value is -2.24. The maximum atomic E-state index is 12.0. The molecule has 0 aromatic heterocycles. The number of aliphatic carboxylic acids is 1. The first-order valence-corrected chi connectivity index (χ1v) is 8.44. The summed E-state index contributed by atoms with van der Waals surface area (Å²) in [6.45, 7) is 5.82. The molecule has 0 bridgehead atoms. The van der Waals surface area contributed by atoms with Crippen LogP contribution in [0.5, 0.6) is 11.5 Å². The number of carboxylic acids is 1. The SMILES string of the molecule is CCCCOc1ccc(CN2C[C@@H](C(=O)O)CC2=O)cc1OCC. The number of hydrogen-bond donors (Lipinski definition) is 1. The fraction of sp³-hybridized carbons (Fsp3) is 0.556. The van der Waals surface area contributed by atoms with Gasteiger partial charge in [-0.1, -0.05) is 19.4 Å². The number of nitrogens with zero attached hydrogens (tertiary/aromatic N) is 1. The molecule has 1 aromatic carbocycles. The van der Waals surface area contributed by atoms with Crippen LogP contribution in [0.4, 0.5) is 0 Å². The van der Waals surface area contributed by atoms with Gasteiger partial charge in [0.2, 0.25) is 5.91 Å². The zero-order valence-corrected chi connectivity index (χ0v) is 14.3. The maximum Gasteiger partial charge on any atom is 0.308 e. The number of unbranched alkanes of at least 4 members (excludes halogenated alkanes) is 1. The molecule has 0 saturated carbocycles. The van der Waals surface area contributed by atoms with E-state index in [0.29, 0.717) is 31.3 Å². The highest BCUT2D eigenvalue weighted by Gasteiger charge is 2.34. The number of likely N-dealkylation sites (tertiary alicyclic amines) is 1. The minimum Gasteiger partial charge on any atom is -0.490 e. The predicted molar refractivity (Wildman–Crippen MR) is 89.2 cm³/mol. The van der Waals surface area contributed by atoms with Crippen molar-refractivity contribution in [3.8, 4) is 11.5 Å². The van der Waals surface area contributed by atoms with Crippen LogP contribution >= 0.6 is 0 Å². The smallest absolute Gasteiger partial charge is 0.308 e. The molecule has 6 nitrogen and oxygen atoms in total. The van der Waals surface area contributed by atoms with E-state index in [1.807, 2.05) is 25.1 Å². The topological polar surface area (TPSA) is 76.1 Å². The summed E-state index contributed by atoms with van der Waals surface area (Å²) in [5.74, 6) is -0.289. The summed E-state index contributed by atoms with van der Waals surface area (Å²) in [4.78, 5) is 24.6. The number of carbonyl (C=O) groups is 2. The molecule has 1 aromatic rings. The third-order valence-electron chi connectivity index (χ3n) is 4.00. The van der Waals surface area contributed by atoms with Crippen molar-refractivity contribution < 1.29 is 24.2 Å². The summed E-state index contributed by atoms with van der Waals surface area (Å²) < 4.78 is 11.4. The van der Waals surface area contributed by atoms with Crippen molar-refractivity contribution in [3.63, 3.8) is 0 Å². The van der Waals surface area contributed by atoms with Gasteiger partial charge in [0.05, 0.1) is 19.1 Å². The molecule has 0 radical (unpaired) electrons. The van der Waals surface area contributed by atoms with E-state index >= 15 is 0 Å². The predicted octanol–water partition coefficient (Wildman–Crippen LogP) is 2.70. The normalized spacial score (nSPS) is 17.2. The van der Waals surface area contributed by atoms with E-state index in [0.717, 1.165) is 18.4 Å². The maximum absolute atomic E-state index is 12.0. The second-order valence-corrected chi connectivity index (χ2v) is 5.93. The van der Waals surface area contributed by atoms with Crippen molar-refractivity contribution in [1.29, 1.82) is 0 Å². The van der Waals surface area contributed by atoms with Gasteiger partial charge < -0.3 is 19.5 Å². The quantitative estimate of drug-likeness (QED) is 0.702. The standard InChI is InChI=1S/C18H25NO5/c1-3-5-8-24-15-7-6-13(9-16(15)23-4-2)11-19-12-14(18(21)22)10-17(19)20/h6-7,9,14H,3-5,8,10-12H2,1-2H3,(H,21,22)/t14-/m0/s1. The molecule has 1 aliphatic heterocycles. The highest BCUT2D eigenvalue weighted by atomic mass is 16.5. The number of carboxylic acid groups (broad SMARTS) is 1. The Morgan fingerprint density at radius 3 is 2.71 bits per heavy atom. The molecule has 132 valence electrons. The average molecular weight is 335 g/mol. The first-order valence-electron chi connectivity index (χ1n) is 8.44. The molecule has 1 fully saturated rings. The van der Waals surface area contributed by atoms with Crippen LogP contribution in [0.2, 0.25) is 0 Å². The van der Waals surface area contributed by atoms with Crippen LogP contribution in [-0.4, -0.2) is 41.6 Å². The van der Waals surface area contributed by atoms with Crippen molar-refractivity contribution in [2.45, 2.75) is 39.7 Å². The van der Waals surface area contributed by atoms with Gasteiger partial charge >= 0.3 is 5.97 Å².